The van der Waals surface area contributed by atoms with E-state index in [2.05, 4.69) is 20.8 Å². The van der Waals surface area contributed by atoms with Gasteiger partial charge in [-0.15, -0.1) is 10.2 Å². The van der Waals surface area contributed by atoms with Crippen LogP contribution in [0.2, 0.25) is 0 Å². The van der Waals surface area contributed by atoms with Crippen LogP contribution in [0.15, 0.2) is 0 Å². The summed E-state index contributed by atoms with van der Waals surface area (Å²) in [4.78, 5) is 32.6. The number of rotatable bonds is 8. The van der Waals surface area contributed by atoms with Gasteiger partial charge in [0, 0.05) is 6.42 Å². The molecule has 1 heterocycles. The second-order valence-corrected chi connectivity index (χ2v) is 5.51. The molecule has 0 saturated carbocycles. The van der Waals surface area contributed by atoms with Crippen molar-refractivity contribution in [3.8, 4) is 0 Å². The molecule has 2 unspecified atom stereocenters. The number of hydrogen-bond donors (Lipinski definition) is 5. The molecule has 0 aliphatic rings. The molecule has 0 aromatic carbocycles. The summed E-state index contributed by atoms with van der Waals surface area (Å²) in [5.74, 6) is -1.30. The maximum atomic E-state index is 11.5. The third-order valence-electron chi connectivity index (χ3n) is 2.62. The van der Waals surface area contributed by atoms with Gasteiger partial charge >= 0.3 is 12.0 Å². The van der Waals surface area contributed by atoms with Crippen LogP contribution in [0.25, 0.3) is 0 Å². The molecule has 10 nitrogen and oxygen atoms in total. The molecule has 0 saturated heterocycles. The first kappa shape index (κ1) is 17.9. The molecular formula is C11H17N5O5S. The molecule has 1 aromatic heterocycles. The molecule has 22 heavy (non-hydrogen) atoms. The van der Waals surface area contributed by atoms with E-state index >= 15 is 0 Å². The number of nitrogens with one attached hydrogen (secondary N) is 2. The quantitative estimate of drug-likeness (QED) is 0.369. The zero-order chi connectivity index (χ0) is 16.7. The van der Waals surface area contributed by atoms with Crippen molar-refractivity contribution in [1.29, 1.82) is 0 Å². The van der Waals surface area contributed by atoms with Gasteiger partial charge in [0.05, 0.1) is 18.7 Å². The number of aliphatic hydroxyl groups excluding tert-OH is 1. The number of aliphatic hydroxyl groups is 1. The van der Waals surface area contributed by atoms with Gasteiger partial charge in [0.25, 0.3) is 0 Å². The van der Waals surface area contributed by atoms with Gasteiger partial charge in [-0.25, -0.2) is 9.59 Å². The molecule has 1 rings (SSSR count). The molecule has 6 N–H and O–H groups in total. The Hall–Kier alpha value is -2.11. The van der Waals surface area contributed by atoms with E-state index in [0.717, 1.165) is 11.3 Å². The monoisotopic (exact) mass is 331 g/mol. The van der Waals surface area contributed by atoms with Gasteiger partial charge < -0.3 is 31.4 Å². The van der Waals surface area contributed by atoms with Crippen molar-refractivity contribution < 1.29 is 24.6 Å². The van der Waals surface area contributed by atoms with Gasteiger partial charge in [-0.2, -0.15) is 0 Å². The second-order valence-electron chi connectivity index (χ2n) is 4.42. The van der Waals surface area contributed by atoms with Gasteiger partial charge in [-0.05, 0) is 6.92 Å². The van der Waals surface area contributed by atoms with Gasteiger partial charge in [0.2, 0.25) is 0 Å². The Bertz CT molecular complexity index is 535. The van der Waals surface area contributed by atoms with E-state index < -0.39 is 30.2 Å². The fourth-order valence-electron chi connectivity index (χ4n) is 1.36. The zero-order valence-electron chi connectivity index (χ0n) is 11.7. The SMILES string of the molecule is CC(O)C(N)c1nnc(CNC(=O)N[C@@H](CC=O)C(=O)O)s1. The van der Waals surface area contributed by atoms with Crippen LogP contribution in [0.5, 0.6) is 0 Å². The summed E-state index contributed by atoms with van der Waals surface area (Å²) in [7, 11) is 0. The minimum Gasteiger partial charge on any atom is -0.480 e. The Morgan fingerprint density at radius 3 is 2.68 bits per heavy atom. The lowest BCUT2D eigenvalue weighted by atomic mass is 10.2. The first-order chi connectivity index (χ1) is 10.3. The number of aromatic nitrogens is 2. The summed E-state index contributed by atoms with van der Waals surface area (Å²) in [6.45, 7) is 1.54. The fraction of sp³-hybridized carbons (Fsp3) is 0.545. The number of nitrogens with zero attached hydrogens (tertiary/aromatic N) is 2. The first-order valence-corrected chi connectivity index (χ1v) is 7.13. The van der Waals surface area contributed by atoms with Gasteiger partial charge in [0.15, 0.2) is 0 Å². The van der Waals surface area contributed by atoms with Crippen LogP contribution in [-0.4, -0.2) is 50.8 Å². The fourth-order valence-corrected chi connectivity index (χ4v) is 2.24. The average molecular weight is 331 g/mol. The Labute approximate surface area is 129 Å². The van der Waals surface area contributed by atoms with E-state index in [1.165, 1.54) is 6.92 Å². The largest absolute Gasteiger partial charge is 0.480 e. The number of amides is 2. The smallest absolute Gasteiger partial charge is 0.326 e. The van der Waals surface area contributed by atoms with Crippen molar-refractivity contribution in [2.45, 2.75) is 38.1 Å². The average Bonchev–Trinajstić information content (AvgIpc) is 2.92. The highest BCUT2D eigenvalue weighted by Gasteiger charge is 2.20. The third kappa shape index (κ3) is 5.35. The minimum absolute atomic E-state index is 0.0173. The molecule has 0 fully saturated rings. The summed E-state index contributed by atoms with van der Waals surface area (Å²) in [6, 6.07) is -2.69. The van der Waals surface area contributed by atoms with Crippen LogP contribution in [0.1, 0.15) is 29.4 Å². The van der Waals surface area contributed by atoms with Crippen molar-refractivity contribution in [2.75, 3.05) is 0 Å². The van der Waals surface area contributed by atoms with Gasteiger partial charge in [-0.3, -0.25) is 0 Å². The Balaban J connectivity index is 2.50. The molecule has 0 spiro atoms. The van der Waals surface area contributed by atoms with Crippen molar-refractivity contribution in [3.63, 3.8) is 0 Å². The van der Waals surface area contributed by atoms with Crippen molar-refractivity contribution in [2.24, 2.45) is 5.73 Å². The molecule has 122 valence electrons. The predicted octanol–water partition coefficient (Wildman–Crippen LogP) is -1.24. The lowest BCUT2D eigenvalue weighted by molar-refractivity contribution is -0.140. The molecule has 0 aliphatic carbocycles. The zero-order valence-corrected chi connectivity index (χ0v) is 12.5. The number of carbonyl (C=O) groups excluding carboxylic acids is 2. The Morgan fingerprint density at radius 1 is 1.45 bits per heavy atom. The van der Waals surface area contributed by atoms with E-state index in [0.29, 0.717) is 16.3 Å². The summed E-state index contributed by atoms with van der Waals surface area (Å²) in [6.07, 6.45) is -0.695. The van der Waals surface area contributed by atoms with Crippen molar-refractivity contribution >= 4 is 29.6 Å². The summed E-state index contributed by atoms with van der Waals surface area (Å²) < 4.78 is 0. The number of hydrogen-bond acceptors (Lipinski definition) is 8. The summed E-state index contributed by atoms with van der Waals surface area (Å²) in [5, 5.41) is 31.2. The Morgan fingerprint density at radius 2 is 2.14 bits per heavy atom. The molecule has 0 bridgehead atoms. The lowest BCUT2D eigenvalue weighted by Crippen LogP contribution is -2.45. The maximum absolute atomic E-state index is 11.5. The Kier molecular flexibility index (Phi) is 6.82. The molecule has 1 aromatic rings. The van der Waals surface area contributed by atoms with E-state index in [9.17, 15) is 19.5 Å². The van der Waals surface area contributed by atoms with Crippen LogP contribution >= 0.6 is 11.3 Å². The minimum atomic E-state index is -1.30. The molecule has 3 atom stereocenters. The van der Waals surface area contributed by atoms with Gasteiger partial charge in [0.1, 0.15) is 22.3 Å². The van der Waals surface area contributed by atoms with Gasteiger partial charge in [-0.1, -0.05) is 11.3 Å². The van der Waals surface area contributed by atoms with E-state index in [1.54, 1.807) is 0 Å². The predicted molar refractivity (Wildman–Crippen MR) is 76.0 cm³/mol. The number of aldehydes is 1. The molecular weight excluding hydrogens is 314 g/mol. The second kappa shape index (κ2) is 8.36. The van der Waals surface area contributed by atoms with E-state index in [-0.39, 0.29) is 13.0 Å². The summed E-state index contributed by atoms with van der Waals surface area (Å²) >= 11 is 1.12. The van der Waals surface area contributed by atoms with Crippen LogP contribution in [0.3, 0.4) is 0 Å². The number of urea groups is 1. The lowest BCUT2D eigenvalue weighted by Gasteiger charge is -2.12. The molecule has 0 radical (unpaired) electrons. The standard InChI is InChI=1S/C11H17N5O5S/c1-5(18)8(12)9-16-15-7(22-9)4-13-11(21)14-6(2-3-17)10(19)20/h3,5-6,8,18H,2,4,12H2,1H3,(H,19,20)(H2,13,14,21)/t5?,6-,8?/m0/s1. The van der Waals surface area contributed by atoms with Crippen molar-refractivity contribution in [3.05, 3.63) is 10.0 Å². The number of carbonyl (C=O) groups is 3. The van der Waals surface area contributed by atoms with E-state index in [4.69, 9.17) is 10.8 Å². The third-order valence-corrected chi connectivity index (χ3v) is 3.65. The van der Waals surface area contributed by atoms with Crippen molar-refractivity contribution in [1.82, 2.24) is 20.8 Å². The highest BCUT2D eigenvalue weighted by molar-refractivity contribution is 7.11. The number of aliphatic carboxylic acids is 1. The number of carboxylic acids is 1. The van der Waals surface area contributed by atoms with Crippen LogP contribution in [0, 0.1) is 0 Å². The number of nitrogens with two attached hydrogens (primary N) is 1. The van der Waals surface area contributed by atoms with Crippen LogP contribution < -0.4 is 16.4 Å². The van der Waals surface area contributed by atoms with Crippen LogP contribution in [0.4, 0.5) is 4.79 Å². The molecule has 0 aliphatic heterocycles. The molecule has 2 amide bonds. The summed E-state index contributed by atoms with van der Waals surface area (Å²) in [5.41, 5.74) is 5.70. The molecule has 11 heteroatoms. The first-order valence-electron chi connectivity index (χ1n) is 6.31. The van der Waals surface area contributed by atoms with E-state index in [1.807, 2.05) is 0 Å². The highest BCUT2D eigenvalue weighted by Crippen LogP contribution is 2.18. The number of carboxylic acid groups (broad SMARTS) is 1. The normalized spacial score (nSPS) is 14.7. The maximum Gasteiger partial charge on any atom is 0.326 e. The highest BCUT2D eigenvalue weighted by atomic mass is 32.1. The van der Waals surface area contributed by atoms with Crippen LogP contribution in [-0.2, 0) is 16.1 Å². The topological polar surface area (TPSA) is 168 Å².